The van der Waals surface area contributed by atoms with Crippen molar-refractivity contribution in [1.29, 1.82) is 0 Å². The molecule has 1 aliphatic rings. The summed E-state index contributed by atoms with van der Waals surface area (Å²) in [5.74, 6) is 0.508. The summed E-state index contributed by atoms with van der Waals surface area (Å²) in [5, 5.41) is 6.95. The Kier molecular flexibility index (Phi) is 6.50. The maximum Gasteiger partial charge on any atom is 0.417 e. The van der Waals surface area contributed by atoms with Crippen molar-refractivity contribution in [2.75, 3.05) is 16.0 Å². The molecule has 13 heteroatoms. The number of halogens is 4. The largest absolute Gasteiger partial charge is 0.421 e. The number of nitrogens with zero attached hydrogens (tertiary/aromatic N) is 3. The van der Waals surface area contributed by atoms with Gasteiger partial charge in [-0.2, -0.15) is 13.2 Å². The van der Waals surface area contributed by atoms with E-state index in [0.717, 1.165) is 25.0 Å². The van der Waals surface area contributed by atoms with Crippen LogP contribution in [0.5, 0.6) is 11.8 Å². The van der Waals surface area contributed by atoms with Gasteiger partial charge in [-0.3, -0.25) is 4.79 Å². The molecule has 9 nitrogen and oxygen atoms in total. The quantitative estimate of drug-likeness (QED) is 0.428. The van der Waals surface area contributed by atoms with E-state index in [4.69, 9.17) is 16.3 Å². The second-order valence-corrected chi connectivity index (χ2v) is 7.67. The molecule has 0 radical (unpaired) electrons. The smallest absolute Gasteiger partial charge is 0.417 e. The van der Waals surface area contributed by atoms with Gasteiger partial charge in [0.15, 0.2) is 0 Å². The number of amides is 3. The van der Waals surface area contributed by atoms with E-state index in [1.54, 1.807) is 0 Å². The lowest BCUT2D eigenvalue weighted by Crippen LogP contribution is -2.20. The number of aromatic nitrogens is 3. The van der Waals surface area contributed by atoms with Crippen molar-refractivity contribution in [3.8, 4) is 11.8 Å². The zero-order valence-corrected chi connectivity index (χ0v) is 17.9. The van der Waals surface area contributed by atoms with Crippen LogP contribution >= 0.6 is 11.6 Å². The predicted octanol–water partition coefficient (Wildman–Crippen LogP) is 5.33. The monoisotopic (exact) mass is 492 g/mol. The number of hydrogen-bond donors (Lipinski definition) is 3. The van der Waals surface area contributed by atoms with Crippen LogP contribution in [-0.4, -0.2) is 26.9 Å². The Bertz CT molecular complexity index is 1220. The summed E-state index contributed by atoms with van der Waals surface area (Å²) in [5.41, 5.74) is -0.888. The van der Waals surface area contributed by atoms with Gasteiger partial charge in [-0.15, -0.1) is 0 Å². The predicted molar refractivity (Wildman–Crippen MR) is 117 cm³/mol. The van der Waals surface area contributed by atoms with Crippen LogP contribution in [0.25, 0.3) is 0 Å². The second kappa shape index (κ2) is 9.51. The molecule has 0 bridgehead atoms. The highest BCUT2D eigenvalue weighted by Crippen LogP contribution is 2.36. The van der Waals surface area contributed by atoms with Crippen LogP contribution in [0.3, 0.4) is 0 Å². The van der Waals surface area contributed by atoms with Crippen LogP contribution in [0.1, 0.15) is 18.4 Å². The Labute approximate surface area is 195 Å². The Morgan fingerprint density at radius 3 is 2.35 bits per heavy atom. The normalized spacial score (nSPS) is 13.2. The number of ether oxygens (including phenoxy) is 1. The highest BCUT2D eigenvalue weighted by atomic mass is 35.5. The second-order valence-electron chi connectivity index (χ2n) is 7.26. The number of rotatable bonds is 6. The van der Waals surface area contributed by atoms with Crippen molar-refractivity contribution in [3.05, 3.63) is 59.5 Å². The van der Waals surface area contributed by atoms with Gasteiger partial charge in [0.25, 0.3) is 0 Å². The minimum Gasteiger partial charge on any atom is -0.421 e. The van der Waals surface area contributed by atoms with Gasteiger partial charge in [0, 0.05) is 23.7 Å². The Balaban J connectivity index is 1.34. The highest BCUT2D eigenvalue weighted by molar-refractivity contribution is 6.31. The number of pyridine rings is 1. The van der Waals surface area contributed by atoms with E-state index in [0.29, 0.717) is 5.82 Å². The van der Waals surface area contributed by atoms with Gasteiger partial charge in [0.2, 0.25) is 17.7 Å². The van der Waals surface area contributed by atoms with Gasteiger partial charge in [0.05, 0.1) is 22.5 Å². The zero-order chi connectivity index (χ0) is 24.3. The first-order valence-electron chi connectivity index (χ1n) is 9.89. The summed E-state index contributed by atoms with van der Waals surface area (Å²) in [6, 6.07) is 6.62. The summed E-state index contributed by atoms with van der Waals surface area (Å²) in [6.07, 6.45) is -0.417. The van der Waals surface area contributed by atoms with E-state index in [1.165, 1.54) is 36.8 Å². The lowest BCUT2D eigenvalue weighted by atomic mass is 10.2. The van der Waals surface area contributed by atoms with Gasteiger partial charge in [-0.1, -0.05) is 11.6 Å². The first-order chi connectivity index (χ1) is 16.2. The Morgan fingerprint density at radius 2 is 1.68 bits per heavy atom. The van der Waals surface area contributed by atoms with Crippen LogP contribution in [0.2, 0.25) is 5.02 Å². The average Bonchev–Trinajstić information content (AvgIpc) is 3.62. The lowest BCUT2D eigenvalue weighted by Gasteiger charge is -2.12. The summed E-state index contributed by atoms with van der Waals surface area (Å²) >= 11 is 5.57. The molecule has 2 aromatic heterocycles. The van der Waals surface area contributed by atoms with E-state index < -0.39 is 22.8 Å². The van der Waals surface area contributed by atoms with E-state index in [1.807, 2.05) is 0 Å². The SMILES string of the molecule is O=C(Nc1ccc(Oc2cc(NC(=O)C3CC3)ncn2)nc1)Nc1ccc(Cl)c(C(F)(F)F)c1. The molecule has 3 N–H and O–H groups in total. The van der Waals surface area contributed by atoms with Crippen LogP contribution < -0.4 is 20.7 Å². The number of hydrogen-bond acceptors (Lipinski definition) is 6. The molecule has 3 aromatic rings. The summed E-state index contributed by atoms with van der Waals surface area (Å²) in [7, 11) is 0. The Morgan fingerprint density at radius 1 is 0.941 bits per heavy atom. The highest BCUT2D eigenvalue weighted by Gasteiger charge is 2.33. The maximum atomic E-state index is 13.0. The molecule has 1 saturated carbocycles. The summed E-state index contributed by atoms with van der Waals surface area (Å²) in [6.45, 7) is 0. The van der Waals surface area contributed by atoms with Gasteiger partial charge < -0.3 is 20.7 Å². The Hall–Kier alpha value is -3.93. The first-order valence-corrected chi connectivity index (χ1v) is 10.3. The standard InChI is InChI=1S/C21H16ClF3N6O3/c22-15-5-3-12(7-14(15)21(23,24)25)29-20(33)30-13-4-6-17(26-9-13)34-18-8-16(27-10-28-18)31-19(32)11-1-2-11/h3-11H,1-2H2,(H2,29,30,33)(H,27,28,31,32). The number of nitrogens with one attached hydrogen (secondary N) is 3. The summed E-state index contributed by atoms with van der Waals surface area (Å²) < 4.78 is 44.4. The fourth-order valence-electron chi connectivity index (χ4n) is 2.77. The van der Waals surface area contributed by atoms with Crippen molar-refractivity contribution >= 4 is 40.7 Å². The number of carbonyl (C=O) groups excluding carboxylic acids is 2. The van der Waals surface area contributed by atoms with Crippen LogP contribution in [-0.2, 0) is 11.0 Å². The molecule has 0 aliphatic heterocycles. The van der Waals surface area contributed by atoms with E-state index >= 15 is 0 Å². The lowest BCUT2D eigenvalue weighted by molar-refractivity contribution is -0.137. The van der Waals surface area contributed by atoms with E-state index in [9.17, 15) is 22.8 Å². The van der Waals surface area contributed by atoms with Crippen molar-refractivity contribution in [2.45, 2.75) is 19.0 Å². The number of benzene rings is 1. The molecule has 0 unspecified atom stereocenters. The molecule has 1 aliphatic carbocycles. The van der Waals surface area contributed by atoms with Gasteiger partial charge >= 0.3 is 12.2 Å². The first kappa shape index (κ1) is 23.2. The molecule has 1 aromatic carbocycles. The molecule has 176 valence electrons. The fraction of sp³-hybridized carbons (Fsp3) is 0.190. The molecule has 0 saturated heterocycles. The molecule has 0 atom stereocenters. The summed E-state index contributed by atoms with van der Waals surface area (Å²) in [4.78, 5) is 35.9. The molecule has 34 heavy (non-hydrogen) atoms. The maximum absolute atomic E-state index is 13.0. The van der Waals surface area contributed by atoms with E-state index in [2.05, 4.69) is 30.9 Å². The molecule has 0 spiro atoms. The van der Waals surface area contributed by atoms with Gasteiger partial charge in [-0.25, -0.2) is 19.7 Å². The third-order valence-electron chi connectivity index (χ3n) is 4.57. The molecule has 1 fully saturated rings. The average molecular weight is 493 g/mol. The van der Waals surface area contributed by atoms with Crippen LogP contribution in [0.15, 0.2) is 48.9 Å². The topological polar surface area (TPSA) is 118 Å². The number of anilines is 3. The number of alkyl halides is 3. The molecule has 4 rings (SSSR count). The minimum atomic E-state index is -4.65. The molecular weight excluding hydrogens is 477 g/mol. The number of urea groups is 1. The molecular formula is C21H16ClF3N6O3. The zero-order valence-electron chi connectivity index (χ0n) is 17.2. The molecule has 2 heterocycles. The van der Waals surface area contributed by atoms with Crippen molar-refractivity contribution in [2.24, 2.45) is 5.92 Å². The third kappa shape index (κ3) is 6.10. The van der Waals surface area contributed by atoms with E-state index in [-0.39, 0.29) is 35.0 Å². The van der Waals surface area contributed by atoms with Crippen LogP contribution in [0.4, 0.5) is 35.2 Å². The minimum absolute atomic E-state index is 0.0182. The molecule has 3 amide bonds. The third-order valence-corrected chi connectivity index (χ3v) is 4.90. The van der Waals surface area contributed by atoms with Crippen molar-refractivity contribution in [3.63, 3.8) is 0 Å². The fourth-order valence-corrected chi connectivity index (χ4v) is 3.00. The van der Waals surface area contributed by atoms with Crippen molar-refractivity contribution in [1.82, 2.24) is 15.0 Å². The van der Waals surface area contributed by atoms with Crippen LogP contribution in [0, 0.1) is 5.92 Å². The van der Waals surface area contributed by atoms with Gasteiger partial charge in [0.1, 0.15) is 12.1 Å². The van der Waals surface area contributed by atoms with Crippen molar-refractivity contribution < 1.29 is 27.5 Å². The van der Waals surface area contributed by atoms with Gasteiger partial charge in [-0.05, 0) is 37.1 Å². The number of carbonyl (C=O) groups is 2.